The summed E-state index contributed by atoms with van der Waals surface area (Å²) in [5.41, 5.74) is 0.927. The maximum atomic E-state index is 10.6. The molecule has 0 aromatic heterocycles. The summed E-state index contributed by atoms with van der Waals surface area (Å²) in [5.74, 6) is -0.109. The first-order valence-electron chi connectivity index (χ1n) is 8.26. The molecule has 0 saturated carbocycles. The largest absolute Gasteiger partial charge is 0.492 e. The van der Waals surface area contributed by atoms with E-state index in [0.717, 1.165) is 12.0 Å². The highest BCUT2D eigenvalue weighted by Gasteiger charge is 2.05. The van der Waals surface area contributed by atoms with Crippen molar-refractivity contribution in [3.05, 3.63) is 28.8 Å². The van der Waals surface area contributed by atoms with Gasteiger partial charge in [-0.2, -0.15) is 0 Å². The van der Waals surface area contributed by atoms with Gasteiger partial charge in [-0.1, -0.05) is 63.1 Å². The molecule has 0 atom stereocenters. The number of hydrogen-bond donors (Lipinski definition) is 1. The van der Waals surface area contributed by atoms with Crippen LogP contribution in [0.1, 0.15) is 63.9 Å². The summed E-state index contributed by atoms with van der Waals surface area (Å²) in [7, 11) is 0. The standard InChI is InChI=1S/C18H27ClO3/c1-2-3-4-5-6-7-8-13-22-17-11-9-15(14-16(17)19)10-12-18(20)21/h9,11,14H,2-8,10,12-13H2,1H3,(H,20,21). The highest BCUT2D eigenvalue weighted by molar-refractivity contribution is 6.32. The van der Waals surface area contributed by atoms with Crippen LogP contribution in [0.5, 0.6) is 5.75 Å². The highest BCUT2D eigenvalue weighted by Crippen LogP contribution is 2.26. The van der Waals surface area contributed by atoms with Crippen molar-refractivity contribution in [2.75, 3.05) is 6.61 Å². The summed E-state index contributed by atoms with van der Waals surface area (Å²) in [6.45, 7) is 2.91. The van der Waals surface area contributed by atoms with E-state index in [2.05, 4.69) is 6.92 Å². The lowest BCUT2D eigenvalue weighted by molar-refractivity contribution is -0.136. The number of carboxylic acids is 1. The van der Waals surface area contributed by atoms with Gasteiger partial charge in [-0.15, -0.1) is 0 Å². The molecule has 0 amide bonds. The third kappa shape index (κ3) is 8.28. The lowest BCUT2D eigenvalue weighted by Gasteiger charge is -2.09. The van der Waals surface area contributed by atoms with Crippen molar-refractivity contribution in [2.24, 2.45) is 0 Å². The molecule has 0 aliphatic heterocycles. The Hall–Kier alpha value is -1.22. The number of ether oxygens (including phenoxy) is 1. The van der Waals surface area contributed by atoms with Gasteiger partial charge in [-0.3, -0.25) is 4.79 Å². The van der Waals surface area contributed by atoms with E-state index in [1.165, 1.54) is 38.5 Å². The van der Waals surface area contributed by atoms with Crippen molar-refractivity contribution < 1.29 is 14.6 Å². The molecule has 0 spiro atoms. The summed E-state index contributed by atoms with van der Waals surface area (Å²) >= 11 is 6.17. The number of aryl methyl sites for hydroxylation is 1. The average Bonchev–Trinajstić information content (AvgIpc) is 2.49. The van der Waals surface area contributed by atoms with Crippen LogP contribution in [-0.2, 0) is 11.2 Å². The Kier molecular flexibility index (Phi) is 9.72. The number of unbranched alkanes of at least 4 members (excludes halogenated alkanes) is 6. The van der Waals surface area contributed by atoms with E-state index in [-0.39, 0.29) is 6.42 Å². The van der Waals surface area contributed by atoms with Crippen LogP contribution in [0, 0.1) is 0 Å². The van der Waals surface area contributed by atoms with Gasteiger partial charge in [0, 0.05) is 6.42 Å². The molecule has 3 nitrogen and oxygen atoms in total. The van der Waals surface area contributed by atoms with Crippen molar-refractivity contribution >= 4 is 17.6 Å². The normalized spacial score (nSPS) is 10.6. The van der Waals surface area contributed by atoms with Crippen LogP contribution in [-0.4, -0.2) is 17.7 Å². The topological polar surface area (TPSA) is 46.5 Å². The number of benzene rings is 1. The van der Waals surface area contributed by atoms with Crippen LogP contribution in [0.3, 0.4) is 0 Å². The van der Waals surface area contributed by atoms with Crippen molar-refractivity contribution in [3.8, 4) is 5.75 Å². The Morgan fingerprint density at radius 1 is 1.14 bits per heavy atom. The zero-order valence-electron chi connectivity index (χ0n) is 13.4. The number of hydrogen-bond acceptors (Lipinski definition) is 2. The van der Waals surface area contributed by atoms with E-state index < -0.39 is 5.97 Å². The summed E-state index contributed by atoms with van der Waals surface area (Å²) < 4.78 is 5.70. The van der Waals surface area contributed by atoms with E-state index in [1.54, 1.807) is 6.07 Å². The van der Waals surface area contributed by atoms with Crippen molar-refractivity contribution in [2.45, 2.75) is 64.7 Å². The van der Waals surface area contributed by atoms with E-state index >= 15 is 0 Å². The van der Waals surface area contributed by atoms with E-state index in [1.807, 2.05) is 12.1 Å². The highest BCUT2D eigenvalue weighted by atomic mass is 35.5. The summed E-state index contributed by atoms with van der Waals surface area (Å²) in [4.78, 5) is 10.6. The maximum absolute atomic E-state index is 10.6. The third-order valence-corrected chi connectivity index (χ3v) is 3.92. The Balaban J connectivity index is 2.21. The molecule has 1 aromatic carbocycles. The van der Waals surface area contributed by atoms with Gasteiger partial charge in [0.25, 0.3) is 0 Å². The summed E-state index contributed by atoms with van der Waals surface area (Å²) in [5, 5.41) is 9.24. The molecule has 0 fully saturated rings. The first kappa shape index (κ1) is 18.8. The number of carboxylic acid groups (broad SMARTS) is 1. The minimum Gasteiger partial charge on any atom is -0.492 e. The second-order valence-electron chi connectivity index (χ2n) is 5.63. The zero-order chi connectivity index (χ0) is 16.2. The smallest absolute Gasteiger partial charge is 0.303 e. The first-order valence-corrected chi connectivity index (χ1v) is 8.64. The minimum atomic E-state index is -0.796. The van der Waals surface area contributed by atoms with Crippen molar-refractivity contribution in [1.29, 1.82) is 0 Å². The van der Waals surface area contributed by atoms with Crippen LogP contribution in [0.4, 0.5) is 0 Å². The Bertz CT molecular complexity index is 446. The van der Waals surface area contributed by atoms with Gasteiger partial charge >= 0.3 is 5.97 Å². The lowest BCUT2D eigenvalue weighted by Crippen LogP contribution is -2.00. The van der Waals surface area contributed by atoms with E-state index in [9.17, 15) is 4.79 Å². The SMILES string of the molecule is CCCCCCCCCOc1ccc(CCC(=O)O)cc1Cl. The first-order chi connectivity index (χ1) is 10.6. The molecule has 22 heavy (non-hydrogen) atoms. The van der Waals surface area contributed by atoms with Crippen LogP contribution in [0.15, 0.2) is 18.2 Å². The van der Waals surface area contributed by atoms with Gasteiger partial charge in [0.1, 0.15) is 5.75 Å². The van der Waals surface area contributed by atoms with Gasteiger partial charge in [-0.25, -0.2) is 0 Å². The lowest BCUT2D eigenvalue weighted by atomic mass is 10.1. The fourth-order valence-electron chi connectivity index (χ4n) is 2.31. The predicted molar refractivity (Wildman–Crippen MR) is 90.9 cm³/mol. The van der Waals surface area contributed by atoms with Crippen molar-refractivity contribution in [3.63, 3.8) is 0 Å². The molecule has 1 rings (SSSR count). The monoisotopic (exact) mass is 326 g/mol. The second-order valence-corrected chi connectivity index (χ2v) is 6.04. The average molecular weight is 327 g/mol. The fourth-order valence-corrected chi connectivity index (χ4v) is 2.57. The molecule has 0 aliphatic carbocycles. The predicted octanol–water partition coefficient (Wildman–Crippen LogP) is 5.49. The number of rotatable bonds is 12. The third-order valence-electron chi connectivity index (χ3n) is 3.63. The Morgan fingerprint density at radius 2 is 1.82 bits per heavy atom. The second kappa shape index (κ2) is 11.4. The molecule has 0 aliphatic rings. The van der Waals surface area contributed by atoms with Crippen LogP contribution >= 0.6 is 11.6 Å². The Labute approximate surface area is 138 Å². The van der Waals surface area contributed by atoms with Crippen LogP contribution in [0.25, 0.3) is 0 Å². The summed E-state index contributed by atoms with van der Waals surface area (Å²) in [6.07, 6.45) is 9.38. The number of carbonyl (C=O) groups is 1. The molecule has 0 unspecified atom stereocenters. The van der Waals surface area contributed by atoms with Gasteiger partial charge in [-0.05, 0) is 30.5 Å². The molecular formula is C18H27ClO3. The molecule has 1 N–H and O–H groups in total. The molecule has 1 aromatic rings. The van der Waals surface area contributed by atoms with Gasteiger partial charge in [0.05, 0.1) is 11.6 Å². The molecule has 4 heteroatoms. The minimum absolute atomic E-state index is 0.120. The van der Waals surface area contributed by atoms with Crippen LogP contribution < -0.4 is 4.74 Å². The van der Waals surface area contributed by atoms with Gasteiger partial charge < -0.3 is 9.84 Å². The van der Waals surface area contributed by atoms with Gasteiger partial charge in [0.2, 0.25) is 0 Å². The van der Waals surface area contributed by atoms with Crippen LogP contribution in [0.2, 0.25) is 5.02 Å². The van der Waals surface area contributed by atoms with E-state index in [4.69, 9.17) is 21.4 Å². The fraction of sp³-hybridized carbons (Fsp3) is 0.611. The molecule has 0 radical (unpaired) electrons. The zero-order valence-corrected chi connectivity index (χ0v) is 14.2. The Morgan fingerprint density at radius 3 is 2.45 bits per heavy atom. The molecule has 0 bridgehead atoms. The quantitative estimate of drug-likeness (QED) is 0.517. The maximum Gasteiger partial charge on any atom is 0.303 e. The van der Waals surface area contributed by atoms with Gasteiger partial charge in [0.15, 0.2) is 0 Å². The summed E-state index contributed by atoms with van der Waals surface area (Å²) in [6, 6.07) is 5.51. The number of aliphatic carboxylic acids is 1. The molecule has 0 heterocycles. The van der Waals surface area contributed by atoms with Crippen molar-refractivity contribution in [1.82, 2.24) is 0 Å². The molecule has 0 saturated heterocycles. The molecule has 124 valence electrons. The molecular weight excluding hydrogens is 300 g/mol. The number of halogens is 1. The van der Waals surface area contributed by atoms with E-state index in [0.29, 0.717) is 23.8 Å².